The molecule has 1 atom stereocenters. The van der Waals surface area contributed by atoms with Crippen molar-refractivity contribution in [3.05, 3.63) is 36.4 Å². The predicted octanol–water partition coefficient (Wildman–Crippen LogP) is 2.92. The van der Waals surface area contributed by atoms with Crippen LogP contribution in [0.3, 0.4) is 0 Å². The number of hydrogen-bond acceptors (Lipinski definition) is 1. The van der Waals surface area contributed by atoms with Crippen molar-refractivity contribution in [3.8, 4) is 5.75 Å². The van der Waals surface area contributed by atoms with Gasteiger partial charge in [-0.05, 0) is 6.07 Å². The highest BCUT2D eigenvalue weighted by Crippen LogP contribution is 2.41. The molecule has 2 heteroatoms. The summed E-state index contributed by atoms with van der Waals surface area (Å²) in [6, 6.07) is 7.99. The van der Waals surface area contributed by atoms with Crippen LogP contribution in [0.1, 0.15) is 5.56 Å². The number of allylic oxidation sites excluding steroid dienone is 1. The number of rotatable bonds is 0. The van der Waals surface area contributed by atoms with Gasteiger partial charge in [0.15, 0.2) is 11.9 Å². The van der Waals surface area contributed by atoms with Crippen molar-refractivity contribution >= 4 is 19.6 Å². The molecule has 1 heterocycles. The van der Waals surface area contributed by atoms with E-state index in [9.17, 15) is 0 Å². The smallest absolute Gasteiger partial charge is 0.291 e. The Labute approximate surface area is 73.2 Å². The fourth-order valence-electron chi connectivity index (χ4n) is 1.31. The molecular formula is C10H10OP+. The van der Waals surface area contributed by atoms with Gasteiger partial charge in [0.05, 0.1) is 0 Å². The molecule has 1 aromatic carbocycles. The summed E-state index contributed by atoms with van der Waals surface area (Å²) in [5.41, 5.74) is 2.29. The lowest BCUT2D eigenvalue weighted by Gasteiger charge is -2.11. The van der Waals surface area contributed by atoms with E-state index in [2.05, 4.69) is 12.9 Å². The Morgan fingerprint density at radius 2 is 2.08 bits per heavy atom. The Balaban J connectivity index is 2.54. The Hall–Kier alpha value is -1.07. The van der Waals surface area contributed by atoms with E-state index in [1.54, 1.807) is 0 Å². The summed E-state index contributed by atoms with van der Waals surface area (Å²) in [6.07, 6.45) is 4.82. The standard InChI is InChI=1S/C10H10OP/c1-8-7-12(2)11-10-6-4-3-5-9(8)10/h3-6H,1-2,7H2/q+1. The molecular weight excluding hydrogens is 167 g/mol. The van der Waals surface area contributed by atoms with Gasteiger partial charge in [0.25, 0.3) is 0 Å². The van der Waals surface area contributed by atoms with Gasteiger partial charge >= 0.3 is 7.77 Å². The molecule has 0 bridgehead atoms. The minimum Gasteiger partial charge on any atom is -0.291 e. The fraction of sp³-hybridized carbons (Fsp3) is 0.100. The number of fused-ring (bicyclic) bond motifs is 1. The Bertz CT molecular complexity index is 355. The first kappa shape index (κ1) is 7.57. The van der Waals surface area contributed by atoms with Crippen LogP contribution in [0.4, 0.5) is 0 Å². The lowest BCUT2D eigenvalue weighted by atomic mass is 10.1. The zero-order chi connectivity index (χ0) is 8.55. The van der Waals surface area contributed by atoms with Crippen LogP contribution in [0.25, 0.3) is 5.57 Å². The topological polar surface area (TPSA) is 9.23 Å². The third kappa shape index (κ3) is 1.17. The zero-order valence-electron chi connectivity index (χ0n) is 6.79. The first-order valence-corrected chi connectivity index (χ1v) is 5.43. The highest BCUT2D eigenvalue weighted by Gasteiger charge is 2.23. The van der Waals surface area contributed by atoms with Crippen LogP contribution < -0.4 is 4.52 Å². The van der Waals surface area contributed by atoms with Crippen LogP contribution in [-0.4, -0.2) is 12.5 Å². The Kier molecular flexibility index (Phi) is 1.74. The van der Waals surface area contributed by atoms with E-state index < -0.39 is 7.77 Å². The summed E-state index contributed by atoms with van der Waals surface area (Å²) in [6.45, 7) is 4.00. The van der Waals surface area contributed by atoms with Crippen molar-refractivity contribution in [2.24, 2.45) is 0 Å². The third-order valence-electron chi connectivity index (χ3n) is 1.86. The average Bonchev–Trinajstić information content (AvgIpc) is 2.04. The van der Waals surface area contributed by atoms with E-state index in [0.717, 1.165) is 23.0 Å². The zero-order valence-corrected chi connectivity index (χ0v) is 7.68. The van der Waals surface area contributed by atoms with Gasteiger partial charge in [-0.1, -0.05) is 24.8 Å². The van der Waals surface area contributed by atoms with Gasteiger partial charge in [-0.3, -0.25) is 4.52 Å². The molecule has 2 rings (SSSR count). The average molecular weight is 177 g/mol. The lowest BCUT2D eigenvalue weighted by molar-refractivity contribution is 0.622. The van der Waals surface area contributed by atoms with Crippen LogP contribution in [0, 0.1) is 0 Å². The minimum absolute atomic E-state index is 0.567. The Morgan fingerprint density at radius 3 is 2.92 bits per heavy atom. The maximum atomic E-state index is 5.60. The van der Waals surface area contributed by atoms with E-state index in [1.165, 1.54) is 0 Å². The molecule has 0 saturated heterocycles. The summed E-state index contributed by atoms with van der Waals surface area (Å²) in [4.78, 5) is 0. The predicted molar refractivity (Wildman–Crippen MR) is 55.0 cm³/mol. The monoisotopic (exact) mass is 177 g/mol. The largest absolute Gasteiger partial charge is 0.304 e. The molecule has 60 valence electrons. The summed E-state index contributed by atoms with van der Waals surface area (Å²) in [5, 5.41) is 0. The van der Waals surface area contributed by atoms with Gasteiger partial charge in [0.2, 0.25) is 0 Å². The van der Waals surface area contributed by atoms with Crippen molar-refractivity contribution in [1.82, 2.24) is 0 Å². The van der Waals surface area contributed by atoms with Crippen LogP contribution >= 0.6 is 7.77 Å². The van der Waals surface area contributed by atoms with Crippen molar-refractivity contribution in [1.29, 1.82) is 0 Å². The summed E-state index contributed by atoms with van der Waals surface area (Å²) < 4.78 is 5.60. The summed E-state index contributed by atoms with van der Waals surface area (Å²) in [7, 11) is -0.567. The van der Waals surface area contributed by atoms with Gasteiger partial charge in [-0.25, -0.2) is 0 Å². The minimum atomic E-state index is -0.567. The molecule has 1 aliphatic heterocycles. The molecule has 1 nitrogen and oxygen atoms in total. The van der Waals surface area contributed by atoms with Crippen LogP contribution in [0.5, 0.6) is 5.75 Å². The van der Waals surface area contributed by atoms with Crippen molar-refractivity contribution in [3.63, 3.8) is 0 Å². The maximum absolute atomic E-state index is 5.60. The second kappa shape index (κ2) is 2.76. The fourth-order valence-corrected chi connectivity index (χ4v) is 2.41. The molecule has 0 radical (unpaired) electrons. The molecule has 0 saturated carbocycles. The molecule has 0 fully saturated rings. The quantitative estimate of drug-likeness (QED) is 0.553. The van der Waals surface area contributed by atoms with Crippen LogP contribution in [-0.2, 0) is 0 Å². The van der Waals surface area contributed by atoms with E-state index >= 15 is 0 Å². The highest BCUT2D eigenvalue weighted by molar-refractivity contribution is 7.51. The SMILES string of the molecule is C=C1C[P+](=C)Oc2ccccc21. The van der Waals surface area contributed by atoms with Gasteiger partial charge in [0.1, 0.15) is 6.30 Å². The number of hydrogen-bond donors (Lipinski definition) is 0. The van der Waals surface area contributed by atoms with Gasteiger partial charge in [-0.15, -0.1) is 0 Å². The van der Waals surface area contributed by atoms with Crippen LogP contribution in [0.2, 0.25) is 0 Å². The molecule has 0 aromatic heterocycles. The number of benzene rings is 1. The van der Waals surface area contributed by atoms with Gasteiger partial charge in [0, 0.05) is 11.1 Å². The molecule has 0 amide bonds. The molecule has 1 aliphatic rings. The maximum Gasteiger partial charge on any atom is 0.304 e. The van der Waals surface area contributed by atoms with Gasteiger partial charge < -0.3 is 0 Å². The Morgan fingerprint density at radius 1 is 1.33 bits per heavy atom. The first-order valence-electron chi connectivity index (χ1n) is 3.80. The lowest BCUT2D eigenvalue weighted by Crippen LogP contribution is -1.99. The molecule has 12 heavy (non-hydrogen) atoms. The van der Waals surface area contributed by atoms with E-state index in [4.69, 9.17) is 4.52 Å². The third-order valence-corrected chi connectivity index (χ3v) is 3.05. The summed E-state index contributed by atoms with van der Waals surface area (Å²) in [5.74, 6) is 0.940. The second-order valence-electron chi connectivity index (χ2n) is 2.83. The van der Waals surface area contributed by atoms with Crippen molar-refractivity contribution in [2.45, 2.75) is 0 Å². The van der Waals surface area contributed by atoms with E-state index in [-0.39, 0.29) is 0 Å². The van der Waals surface area contributed by atoms with Crippen molar-refractivity contribution in [2.75, 3.05) is 6.16 Å². The number of para-hydroxylation sites is 1. The highest BCUT2D eigenvalue weighted by atomic mass is 31.1. The van der Waals surface area contributed by atoms with Crippen molar-refractivity contribution < 1.29 is 4.52 Å². The molecule has 0 spiro atoms. The van der Waals surface area contributed by atoms with Gasteiger partial charge in [-0.2, -0.15) is 0 Å². The van der Waals surface area contributed by atoms with E-state index in [1.807, 2.05) is 24.3 Å². The van der Waals surface area contributed by atoms with Crippen LogP contribution in [0.15, 0.2) is 30.8 Å². The first-order chi connectivity index (χ1) is 5.77. The second-order valence-corrected chi connectivity index (χ2v) is 4.29. The molecule has 0 N–H and O–H groups in total. The molecule has 1 aromatic rings. The normalized spacial score (nSPS) is 18.3. The molecule has 0 aliphatic carbocycles. The van der Waals surface area contributed by atoms with E-state index in [0.29, 0.717) is 0 Å². The molecule has 1 unspecified atom stereocenters. The summed E-state index contributed by atoms with van der Waals surface area (Å²) >= 11 is 0.